The Bertz CT molecular complexity index is 1810. The summed E-state index contributed by atoms with van der Waals surface area (Å²) in [6.07, 6.45) is 3.73. The number of nitrogens with one attached hydrogen (secondary N) is 1. The zero-order valence-electron chi connectivity index (χ0n) is 26.8. The SMILES string of the molecule is COC(=O)[C@H](Cc1ccc(OCCN(Cc2ccccc2)C(=O)/C=C/c2ccccc2)cc1)Nc1ccccc1C(=O)c1ccccc1. The average Bonchev–Trinajstić information content (AvgIpc) is 3.14. The van der Waals surface area contributed by atoms with E-state index in [2.05, 4.69) is 5.32 Å². The number of rotatable bonds is 15. The summed E-state index contributed by atoms with van der Waals surface area (Å²) in [6, 6.07) is 42.5. The van der Waals surface area contributed by atoms with Crippen molar-refractivity contribution in [3.8, 4) is 5.75 Å². The monoisotopic (exact) mass is 638 g/mol. The van der Waals surface area contributed by atoms with Crippen LogP contribution in [-0.2, 0) is 27.3 Å². The molecule has 0 aliphatic carbocycles. The lowest BCUT2D eigenvalue weighted by molar-refractivity contribution is -0.141. The molecule has 1 atom stereocenters. The number of hydrogen-bond donors (Lipinski definition) is 1. The van der Waals surface area contributed by atoms with Crippen LogP contribution in [-0.4, -0.2) is 48.9 Å². The maximum Gasteiger partial charge on any atom is 0.328 e. The van der Waals surface area contributed by atoms with Crippen LogP contribution < -0.4 is 10.1 Å². The molecule has 1 amide bonds. The second-order valence-electron chi connectivity index (χ2n) is 11.1. The lowest BCUT2D eigenvalue weighted by atomic mass is 10.00. The first-order chi connectivity index (χ1) is 23.5. The molecule has 0 spiro atoms. The summed E-state index contributed by atoms with van der Waals surface area (Å²) in [5.74, 6) is -0.0380. The fraction of sp³-hybridized carbons (Fsp3) is 0.146. The Morgan fingerprint density at radius 1 is 0.729 bits per heavy atom. The Hall–Kier alpha value is -5.95. The standard InChI is InChI=1S/C41H38N2O5/c1-47-41(46)38(42-37-20-12-11-19-36(37)40(45)34-17-9-4-10-18-34)29-32-21-24-35(25-22-32)48-28-27-43(30-33-15-7-3-8-16-33)39(44)26-23-31-13-5-2-6-14-31/h2-26,38,42H,27-30H2,1H3/b26-23+/t38-/m0/s1. The molecule has 242 valence electrons. The highest BCUT2D eigenvalue weighted by Crippen LogP contribution is 2.22. The van der Waals surface area contributed by atoms with Crippen molar-refractivity contribution >= 4 is 29.4 Å². The number of carbonyl (C=O) groups excluding carboxylic acids is 3. The quantitative estimate of drug-likeness (QED) is 0.0740. The van der Waals surface area contributed by atoms with Crippen molar-refractivity contribution in [2.45, 2.75) is 19.0 Å². The molecule has 0 bridgehead atoms. The molecule has 0 aromatic heterocycles. The number of esters is 1. The molecule has 48 heavy (non-hydrogen) atoms. The van der Waals surface area contributed by atoms with Gasteiger partial charge in [-0.15, -0.1) is 0 Å². The van der Waals surface area contributed by atoms with Crippen molar-refractivity contribution < 1.29 is 23.9 Å². The summed E-state index contributed by atoms with van der Waals surface area (Å²) in [6.45, 7) is 1.16. The van der Waals surface area contributed by atoms with E-state index in [1.54, 1.807) is 41.3 Å². The van der Waals surface area contributed by atoms with Crippen LogP contribution in [0.5, 0.6) is 5.75 Å². The molecule has 7 heteroatoms. The normalized spacial score (nSPS) is 11.4. The van der Waals surface area contributed by atoms with Crippen molar-refractivity contribution in [1.82, 2.24) is 4.90 Å². The van der Waals surface area contributed by atoms with Crippen LogP contribution in [0.2, 0.25) is 0 Å². The fourth-order valence-electron chi connectivity index (χ4n) is 5.21. The molecule has 7 nitrogen and oxygen atoms in total. The van der Waals surface area contributed by atoms with Crippen molar-refractivity contribution in [2.75, 3.05) is 25.6 Å². The maximum atomic E-state index is 13.2. The largest absolute Gasteiger partial charge is 0.492 e. The van der Waals surface area contributed by atoms with E-state index in [0.717, 1.165) is 16.7 Å². The molecule has 0 fully saturated rings. The first-order valence-corrected chi connectivity index (χ1v) is 15.8. The minimum absolute atomic E-state index is 0.102. The van der Waals surface area contributed by atoms with Gasteiger partial charge in [0, 0.05) is 35.9 Å². The van der Waals surface area contributed by atoms with Gasteiger partial charge in [0.15, 0.2) is 5.78 Å². The minimum atomic E-state index is -0.729. The van der Waals surface area contributed by atoms with Gasteiger partial charge in [0.25, 0.3) is 0 Å². The third-order valence-corrected chi connectivity index (χ3v) is 7.76. The molecule has 5 aromatic rings. The molecule has 5 rings (SSSR count). The molecular weight excluding hydrogens is 600 g/mol. The van der Waals surface area contributed by atoms with E-state index in [1.807, 2.05) is 115 Å². The summed E-state index contributed by atoms with van der Waals surface area (Å²) in [4.78, 5) is 41.0. The molecule has 0 aliphatic rings. The van der Waals surface area contributed by atoms with Crippen molar-refractivity contribution in [2.24, 2.45) is 0 Å². The van der Waals surface area contributed by atoms with Crippen LogP contribution in [0.4, 0.5) is 5.69 Å². The summed E-state index contributed by atoms with van der Waals surface area (Å²) in [7, 11) is 1.35. The number of ether oxygens (including phenoxy) is 2. The Kier molecular flexibility index (Phi) is 11.9. The molecule has 0 saturated carbocycles. The smallest absolute Gasteiger partial charge is 0.328 e. The van der Waals surface area contributed by atoms with E-state index < -0.39 is 12.0 Å². The number of methoxy groups -OCH3 is 1. The molecule has 0 unspecified atom stereocenters. The van der Waals surface area contributed by atoms with E-state index in [9.17, 15) is 14.4 Å². The van der Waals surface area contributed by atoms with Crippen LogP contribution in [0.1, 0.15) is 32.6 Å². The van der Waals surface area contributed by atoms with Gasteiger partial charge in [0.2, 0.25) is 5.91 Å². The lowest BCUT2D eigenvalue weighted by Crippen LogP contribution is -2.33. The van der Waals surface area contributed by atoms with E-state index >= 15 is 0 Å². The Morgan fingerprint density at radius 2 is 1.35 bits per heavy atom. The summed E-state index contributed by atoms with van der Waals surface area (Å²) in [5, 5.41) is 3.24. The number of ketones is 1. The third kappa shape index (κ3) is 9.53. The van der Waals surface area contributed by atoms with Crippen molar-refractivity contribution in [3.05, 3.63) is 173 Å². The third-order valence-electron chi connectivity index (χ3n) is 7.76. The topological polar surface area (TPSA) is 84.9 Å². The molecule has 0 saturated heterocycles. The highest BCUT2D eigenvalue weighted by atomic mass is 16.5. The van der Waals surface area contributed by atoms with E-state index in [-0.39, 0.29) is 11.7 Å². The van der Waals surface area contributed by atoms with Crippen molar-refractivity contribution in [3.63, 3.8) is 0 Å². The number of benzene rings is 5. The van der Waals surface area contributed by atoms with Gasteiger partial charge in [-0.05, 0) is 47.0 Å². The number of para-hydroxylation sites is 1. The zero-order valence-corrected chi connectivity index (χ0v) is 26.8. The number of nitrogens with zero attached hydrogens (tertiary/aromatic N) is 1. The van der Waals surface area contributed by atoms with Crippen LogP contribution >= 0.6 is 0 Å². The van der Waals surface area contributed by atoms with Gasteiger partial charge in [-0.1, -0.05) is 115 Å². The first kappa shape index (κ1) is 33.4. The average molecular weight is 639 g/mol. The van der Waals surface area contributed by atoms with Crippen LogP contribution in [0.3, 0.4) is 0 Å². The van der Waals surface area contributed by atoms with Crippen LogP contribution in [0.25, 0.3) is 6.08 Å². The highest BCUT2D eigenvalue weighted by Gasteiger charge is 2.23. The minimum Gasteiger partial charge on any atom is -0.492 e. The molecule has 0 radical (unpaired) electrons. The second kappa shape index (κ2) is 17.1. The van der Waals surface area contributed by atoms with E-state index in [4.69, 9.17) is 9.47 Å². The van der Waals surface area contributed by atoms with Gasteiger partial charge in [-0.25, -0.2) is 4.79 Å². The van der Waals surface area contributed by atoms with Gasteiger partial charge < -0.3 is 19.7 Å². The highest BCUT2D eigenvalue weighted by molar-refractivity contribution is 6.12. The van der Waals surface area contributed by atoms with E-state index in [0.29, 0.717) is 48.7 Å². The Morgan fingerprint density at radius 3 is 2.04 bits per heavy atom. The number of hydrogen-bond acceptors (Lipinski definition) is 6. The van der Waals surface area contributed by atoms with Gasteiger partial charge in [-0.3, -0.25) is 9.59 Å². The molecular formula is C41H38N2O5. The van der Waals surface area contributed by atoms with Crippen LogP contribution in [0.15, 0.2) is 146 Å². The molecule has 0 heterocycles. The number of amides is 1. The van der Waals surface area contributed by atoms with E-state index in [1.165, 1.54) is 7.11 Å². The second-order valence-corrected chi connectivity index (χ2v) is 11.1. The zero-order chi connectivity index (χ0) is 33.6. The van der Waals surface area contributed by atoms with Gasteiger partial charge in [-0.2, -0.15) is 0 Å². The van der Waals surface area contributed by atoms with Crippen LogP contribution in [0, 0.1) is 0 Å². The lowest BCUT2D eigenvalue weighted by Gasteiger charge is -2.22. The molecule has 1 N–H and O–H groups in total. The van der Waals surface area contributed by atoms with Gasteiger partial charge >= 0.3 is 5.97 Å². The van der Waals surface area contributed by atoms with Gasteiger partial charge in [0.05, 0.1) is 13.7 Å². The van der Waals surface area contributed by atoms with Gasteiger partial charge in [0.1, 0.15) is 18.4 Å². The van der Waals surface area contributed by atoms with Crippen molar-refractivity contribution in [1.29, 1.82) is 0 Å². The predicted molar refractivity (Wildman–Crippen MR) is 189 cm³/mol. The molecule has 0 aliphatic heterocycles. The molecule has 5 aromatic carbocycles. The first-order valence-electron chi connectivity index (χ1n) is 15.8. The fourth-order valence-corrected chi connectivity index (χ4v) is 5.21. The Balaban J connectivity index is 1.21. The predicted octanol–water partition coefficient (Wildman–Crippen LogP) is 7.23. The number of anilines is 1. The number of carbonyl (C=O) groups is 3. The maximum absolute atomic E-state index is 13.2. The summed E-state index contributed by atoms with van der Waals surface area (Å²) >= 11 is 0. The Labute approximate surface area is 281 Å². The summed E-state index contributed by atoms with van der Waals surface area (Å²) < 4.78 is 11.1. The summed E-state index contributed by atoms with van der Waals surface area (Å²) in [5.41, 5.74) is 4.45.